The molecule has 0 aliphatic heterocycles. The second-order valence-corrected chi connectivity index (χ2v) is 7.58. The van der Waals surface area contributed by atoms with Crippen LogP contribution in [0.3, 0.4) is 0 Å². The predicted molar refractivity (Wildman–Crippen MR) is 121 cm³/mol. The largest absolute Gasteiger partial charge is 0.482 e. The number of pyridine rings is 1. The fourth-order valence-corrected chi connectivity index (χ4v) is 3.77. The molecule has 1 heterocycles. The van der Waals surface area contributed by atoms with Crippen LogP contribution in [0.4, 0.5) is 0 Å². The first-order chi connectivity index (χ1) is 15.2. The summed E-state index contributed by atoms with van der Waals surface area (Å²) in [5, 5.41) is 13.3. The van der Waals surface area contributed by atoms with Gasteiger partial charge in [-0.2, -0.15) is 0 Å². The van der Waals surface area contributed by atoms with Gasteiger partial charge in [0.05, 0.1) is 5.71 Å². The summed E-state index contributed by atoms with van der Waals surface area (Å²) in [5.41, 5.74) is 5.28. The number of hydrogen-bond acceptors (Lipinski definition) is 5. The van der Waals surface area contributed by atoms with Gasteiger partial charge in [0.2, 0.25) is 0 Å². The lowest BCUT2D eigenvalue weighted by Crippen LogP contribution is -2.12. The number of ether oxygens (including phenoxy) is 1. The second-order valence-electron chi connectivity index (χ2n) is 7.58. The number of fused-ring (bicyclic) bond motifs is 1. The van der Waals surface area contributed by atoms with Crippen molar-refractivity contribution in [2.75, 3.05) is 13.2 Å². The van der Waals surface area contributed by atoms with Crippen LogP contribution in [-0.4, -0.2) is 35.0 Å². The molecule has 0 saturated carbocycles. The highest BCUT2D eigenvalue weighted by Crippen LogP contribution is 2.36. The molecule has 31 heavy (non-hydrogen) atoms. The normalized spacial score (nSPS) is 14.9. The Morgan fingerprint density at radius 3 is 2.90 bits per heavy atom. The van der Waals surface area contributed by atoms with Crippen LogP contribution in [0.5, 0.6) is 5.75 Å². The molecular formula is C25H30N2O4. The molecule has 0 saturated heterocycles. The predicted octanol–water partition coefficient (Wildman–Crippen LogP) is 5.27. The third-order valence-corrected chi connectivity index (χ3v) is 5.29. The number of aliphatic carboxylic acids is 1. The van der Waals surface area contributed by atoms with Crippen molar-refractivity contribution < 1.29 is 19.5 Å². The molecule has 164 valence electrons. The fraction of sp³-hybridized carbons (Fsp3) is 0.400. The van der Waals surface area contributed by atoms with Crippen molar-refractivity contribution in [1.82, 2.24) is 4.98 Å². The number of carbonyl (C=O) groups is 1. The van der Waals surface area contributed by atoms with E-state index in [1.807, 2.05) is 30.5 Å². The van der Waals surface area contributed by atoms with Gasteiger partial charge in [-0.3, -0.25) is 4.98 Å². The van der Waals surface area contributed by atoms with Gasteiger partial charge in [-0.05, 0) is 67.5 Å². The van der Waals surface area contributed by atoms with Crippen molar-refractivity contribution in [3.8, 4) is 5.75 Å². The molecule has 6 heteroatoms. The van der Waals surface area contributed by atoms with Crippen molar-refractivity contribution in [3.63, 3.8) is 0 Å². The summed E-state index contributed by atoms with van der Waals surface area (Å²) < 4.78 is 5.48. The zero-order valence-electron chi connectivity index (χ0n) is 18.0. The molecule has 0 radical (unpaired) electrons. The standard InChI is InChI=1S/C25H30N2O4/c1-2-3-4-12-23(20-9-7-15-26-17-20)27-31-16-14-19-8-5-11-22-21(19)10-6-13-24(22)30-18-25(28)29/h6-7,9-10,13-15,17H,2-5,8,11-12,16,18H2,1H3,(H,28,29). The third kappa shape index (κ3) is 6.67. The first-order valence-electron chi connectivity index (χ1n) is 10.9. The number of rotatable bonds is 11. The highest BCUT2D eigenvalue weighted by Gasteiger charge is 2.18. The Kier molecular flexibility index (Phi) is 8.64. The van der Waals surface area contributed by atoms with E-state index in [0.29, 0.717) is 12.4 Å². The lowest BCUT2D eigenvalue weighted by molar-refractivity contribution is -0.139. The van der Waals surface area contributed by atoms with Gasteiger partial charge in [0, 0.05) is 23.5 Å². The van der Waals surface area contributed by atoms with Crippen molar-refractivity contribution in [2.45, 2.75) is 51.9 Å². The van der Waals surface area contributed by atoms with Gasteiger partial charge in [-0.15, -0.1) is 0 Å². The smallest absolute Gasteiger partial charge is 0.341 e. The minimum Gasteiger partial charge on any atom is -0.482 e. The van der Waals surface area contributed by atoms with Crippen LogP contribution in [-0.2, 0) is 16.1 Å². The number of oxime groups is 1. The van der Waals surface area contributed by atoms with E-state index in [1.54, 1.807) is 6.20 Å². The van der Waals surface area contributed by atoms with E-state index in [-0.39, 0.29) is 6.61 Å². The molecule has 0 bridgehead atoms. The molecule has 0 amide bonds. The van der Waals surface area contributed by atoms with Crippen LogP contribution in [0.2, 0.25) is 0 Å². The maximum atomic E-state index is 10.9. The summed E-state index contributed by atoms with van der Waals surface area (Å²) in [4.78, 5) is 20.7. The lowest BCUT2D eigenvalue weighted by atomic mass is 9.86. The molecule has 1 aromatic carbocycles. The Labute approximate surface area is 183 Å². The molecule has 0 spiro atoms. The van der Waals surface area contributed by atoms with Crippen molar-refractivity contribution in [3.05, 3.63) is 65.5 Å². The van der Waals surface area contributed by atoms with E-state index in [1.165, 1.54) is 5.57 Å². The molecular weight excluding hydrogens is 392 g/mol. The maximum Gasteiger partial charge on any atom is 0.341 e. The summed E-state index contributed by atoms with van der Waals surface area (Å²) >= 11 is 0. The number of nitrogens with zero attached hydrogens (tertiary/aromatic N) is 2. The van der Waals surface area contributed by atoms with E-state index >= 15 is 0 Å². The Morgan fingerprint density at radius 2 is 2.13 bits per heavy atom. The molecule has 3 rings (SSSR count). The quantitative estimate of drug-likeness (QED) is 0.303. The molecule has 1 aliphatic carbocycles. The molecule has 0 unspecified atom stereocenters. The third-order valence-electron chi connectivity index (χ3n) is 5.29. The van der Waals surface area contributed by atoms with E-state index in [9.17, 15) is 4.79 Å². The van der Waals surface area contributed by atoms with E-state index < -0.39 is 5.97 Å². The first-order valence-corrected chi connectivity index (χ1v) is 10.9. The SMILES string of the molecule is CCCCCC(=NOCC=C1CCCc2c(OCC(=O)O)cccc21)c1cccnc1. The van der Waals surface area contributed by atoms with Gasteiger partial charge in [0.15, 0.2) is 6.61 Å². The highest BCUT2D eigenvalue weighted by atomic mass is 16.6. The minimum atomic E-state index is -0.973. The van der Waals surface area contributed by atoms with E-state index in [4.69, 9.17) is 14.7 Å². The maximum absolute atomic E-state index is 10.9. The van der Waals surface area contributed by atoms with Gasteiger partial charge in [0.1, 0.15) is 12.4 Å². The number of carboxylic acids is 1. The van der Waals surface area contributed by atoms with Crippen LogP contribution in [0.25, 0.3) is 5.57 Å². The monoisotopic (exact) mass is 422 g/mol. The average Bonchev–Trinajstić information content (AvgIpc) is 2.80. The topological polar surface area (TPSA) is 81.0 Å². The van der Waals surface area contributed by atoms with Crippen molar-refractivity contribution in [1.29, 1.82) is 0 Å². The fourth-order valence-electron chi connectivity index (χ4n) is 3.77. The van der Waals surface area contributed by atoms with Crippen LogP contribution in [0, 0.1) is 0 Å². The average molecular weight is 423 g/mol. The Hall–Kier alpha value is -3.15. The van der Waals surface area contributed by atoms with Gasteiger partial charge in [0.25, 0.3) is 0 Å². The van der Waals surface area contributed by atoms with Crippen LogP contribution < -0.4 is 4.74 Å². The molecule has 1 aromatic heterocycles. The molecule has 0 fully saturated rings. The summed E-state index contributed by atoms with van der Waals surface area (Å²) in [6.07, 6.45) is 12.7. The molecule has 1 aliphatic rings. The molecule has 6 nitrogen and oxygen atoms in total. The van der Waals surface area contributed by atoms with Crippen molar-refractivity contribution in [2.24, 2.45) is 5.16 Å². The Morgan fingerprint density at radius 1 is 1.23 bits per heavy atom. The molecule has 1 N–H and O–H groups in total. The highest BCUT2D eigenvalue weighted by molar-refractivity contribution is 5.99. The zero-order chi connectivity index (χ0) is 21.9. The molecule has 0 atom stereocenters. The summed E-state index contributed by atoms with van der Waals surface area (Å²) in [6, 6.07) is 9.72. The minimum absolute atomic E-state index is 0.331. The van der Waals surface area contributed by atoms with Gasteiger partial charge in [-0.1, -0.05) is 37.1 Å². The van der Waals surface area contributed by atoms with E-state index in [0.717, 1.165) is 67.3 Å². The van der Waals surface area contributed by atoms with Gasteiger partial charge < -0.3 is 14.7 Å². The van der Waals surface area contributed by atoms with Crippen molar-refractivity contribution >= 4 is 17.3 Å². The summed E-state index contributed by atoms with van der Waals surface area (Å²) in [7, 11) is 0. The molecule has 2 aromatic rings. The number of allylic oxidation sites excluding steroid dienone is 1. The number of benzene rings is 1. The number of carboxylic acid groups (broad SMARTS) is 1. The number of unbranched alkanes of at least 4 members (excludes halogenated alkanes) is 2. The van der Waals surface area contributed by atoms with Crippen LogP contribution in [0.1, 0.15) is 62.1 Å². The second kappa shape index (κ2) is 11.9. The van der Waals surface area contributed by atoms with Crippen LogP contribution >= 0.6 is 0 Å². The summed E-state index contributed by atoms with van der Waals surface area (Å²) in [5.74, 6) is -0.321. The van der Waals surface area contributed by atoms with Gasteiger partial charge in [-0.25, -0.2) is 4.79 Å². The number of aromatic nitrogens is 1. The lowest BCUT2D eigenvalue weighted by Gasteiger charge is -2.21. The number of hydrogen-bond donors (Lipinski definition) is 1. The van der Waals surface area contributed by atoms with E-state index in [2.05, 4.69) is 29.2 Å². The Bertz CT molecular complexity index is 922. The summed E-state index contributed by atoms with van der Waals surface area (Å²) in [6.45, 7) is 2.23. The van der Waals surface area contributed by atoms with Gasteiger partial charge >= 0.3 is 5.97 Å². The zero-order valence-corrected chi connectivity index (χ0v) is 18.0. The Balaban J connectivity index is 1.69. The van der Waals surface area contributed by atoms with Crippen LogP contribution in [0.15, 0.2) is 54.0 Å². The first kappa shape index (κ1) is 22.5.